The highest BCUT2D eigenvalue weighted by molar-refractivity contribution is 5.96. The third-order valence-corrected chi connectivity index (χ3v) is 5.89. The number of halogens is 1. The summed E-state index contributed by atoms with van der Waals surface area (Å²) in [6.45, 7) is 2.05. The van der Waals surface area contributed by atoms with E-state index in [4.69, 9.17) is 5.73 Å². The van der Waals surface area contributed by atoms with Gasteiger partial charge < -0.3 is 11.1 Å². The molecule has 0 bridgehead atoms. The standard InChI is InChI=1S/C18H25N3O.ClH/c19-15-6-3-5-13-10-21(11-14(13)15)17-9-8-12-4-1-2-7-16(12)20-18(17)22;/h1-2,4,7,13-15,17H,3,5-6,8-11,19H2,(H,20,22);1H. The Hall–Kier alpha value is -1.10. The maximum absolute atomic E-state index is 12.7. The molecule has 1 amide bonds. The van der Waals surface area contributed by atoms with Crippen molar-refractivity contribution in [2.45, 2.75) is 44.2 Å². The lowest BCUT2D eigenvalue weighted by atomic mass is 9.78. The minimum absolute atomic E-state index is 0. The summed E-state index contributed by atoms with van der Waals surface area (Å²) in [4.78, 5) is 15.1. The zero-order valence-electron chi connectivity index (χ0n) is 13.4. The largest absolute Gasteiger partial charge is 0.327 e. The van der Waals surface area contributed by atoms with Crippen molar-refractivity contribution in [1.82, 2.24) is 4.90 Å². The summed E-state index contributed by atoms with van der Waals surface area (Å²) in [5.74, 6) is 1.45. The van der Waals surface area contributed by atoms with E-state index in [0.717, 1.165) is 38.0 Å². The number of hydrogen-bond acceptors (Lipinski definition) is 3. The lowest BCUT2D eigenvalue weighted by molar-refractivity contribution is -0.121. The number of carbonyl (C=O) groups excluding carboxylic acids is 1. The second-order valence-corrected chi connectivity index (χ2v) is 7.17. The van der Waals surface area contributed by atoms with Gasteiger partial charge in [0, 0.05) is 24.8 Å². The van der Waals surface area contributed by atoms with Crippen LogP contribution in [0.1, 0.15) is 31.2 Å². The van der Waals surface area contributed by atoms with Crippen LogP contribution in [-0.4, -0.2) is 36.0 Å². The van der Waals surface area contributed by atoms with Crippen LogP contribution < -0.4 is 11.1 Å². The number of amides is 1. The van der Waals surface area contributed by atoms with Crippen molar-refractivity contribution in [3.63, 3.8) is 0 Å². The molecule has 4 atom stereocenters. The summed E-state index contributed by atoms with van der Waals surface area (Å²) in [6.07, 6.45) is 5.56. The zero-order chi connectivity index (χ0) is 15.1. The Morgan fingerprint density at radius 1 is 1.13 bits per heavy atom. The van der Waals surface area contributed by atoms with Gasteiger partial charge in [0.05, 0.1) is 6.04 Å². The fraction of sp³-hybridized carbons (Fsp3) is 0.611. The van der Waals surface area contributed by atoms with Crippen LogP contribution >= 0.6 is 12.4 Å². The predicted molar refractivity (Wildman–Crippen MR) is 94.8 cm³/mol. The van der Waals surface area contributed by atoms with E-state index in [2.05, 4.69) is 22.3 Å². The second kappa shape index (κ2) is 6.80. The highest BCUT2D eigenvalue weighted by atomic mass is 35.5. The Morgan fingerprint density at radius 3 is 2.78 bits per heavy atom. The van der Waals surface area contributed by atoms with E-state index >= 15 is 0 Å². The zero-order valence-corrected chi connectivity index (χ0v) is 14.2. The van der Waals surface area contributed by atoms with Gasteiger partial charge in [-0.2, -0.15) is 0 Å². The molecule has 0 aromatic heterocycles. The maximum Gasteiger partial charge on any atom is 0.241 e. The quantitative estimate of drug-likeness (QED) is 0.828. The van der Waals surface area contributed by atoms with E-state index in [0.29, 0.717) is 17.9 Å². The Balaban J connectivity index is 0.00000156. The lowest BCUT2D eigenvalue weighted by Gasteiger charge is -2.30. The molecule has 23 heavy (non-hydrogen) atoms. The van der Waals surface area contributed by atoms with Gasteiger partial charge in [0.2, 0.25) is 5.91 Å². The number of para-hydroxylation sites is 1. The molecule has 3 N–H and O–H groups in total. The number of likely N-dealkylation sites (tertiary alicyclic amines) is 1. The topological polar surface area (TPSA) is 58.4 Å². The number of anilines is 1. The summed E-state index contributed by atoms with van der Waals surface area (Å²) >= 11 is 0. The van der Waals surface area contributed by atoms with Crippen molar-refractivity contribution < 1.29 is 4.79 Å². The molecule has 0 spiro atoms. The SMILES string of the molecule is Cl.NC1CCCC2CN(C3CCc4ccccc4NC3=O)CC12. The molecule has 3 aliphatic rings. The van der Waals surface area contributed by atoms with Crippen LogP contribution in [0.3, 0.4) is 0 Å². The molecule has 4 nitrogen and oxygen atoms in total. The molecular formula is C18H26ClN3O. The molecule has 1 aliphatic carbocycles. The average Bonchev–Trinajstić information content (AvgIpc) is 2.87. The highest BCUT2D eigenvalue weighted by Gasteiger charge is 2.42. The predicted octanol–water partition coefficient (Wildman–Crippen LogP) is 2.42. The van der Waals surface area contributed by atoms with Crippen LogP contribution in [0.25, 0.3) is 0 Å². The highest BCUT2D eigenvalue weighted by Crippen LogP contribution is 2.37. The molecular weight excluding hydrogens is 310 g/mol. The van der Waals surface area contributed by atoms with E-state index in [9.17, 15) is 4.79 Å². The van der Waals surface area contributed by atoms with E-state index in [-0.39, 0.29) is 24.4 Å². The van der Waals surface area contributed by atoms with Gasteiger partial charge in [-0.15, -0.1) is 12.4 Å². The molecule has 4 unspecified atom stereocenters. The van der Waals surface area contributed by atoms with Crippen molar-refractivity contribution >= 4 is 24.0 Å². The fourth-order valence-electron chi connectivity index (χ4n) is 4.65. The van der Waals surface area contributed by atoms with Gasteiger partial charge in [0.1, 0.15) is 0 Å². The molecule has 1 aromatic carbocycles. The van der Waals surface area contributed by atoms with Gasteiger partial charge in [-0.25, -0.2) is 0 Å². The van der Waals surface area contributed by atoms with Crippen LogP contribution in [0.2, 0.25) is 0 Å². The van der Waals surface area contributed by atoms with Crippen molar-refractivity contribution in [1.29, 1.82) is 0 Å². The van der Waals surface area contributed by atoms with Gasteiger partial charge in [0.15, 0.2) is 0 Å². The molecule has 2 fully saturated rings. The Morgan fingerprint density at radius 2 is 1.96 bits per heavy atom. The van der Waals surface area contributed by atoms with Crippen LogP contribution in [0.15, 0.2) is 24.3 Å². The molecule has 1 saturated carbocycles. The van der Waals surface area contributed by atoms with E-state index in [1.54, 1.807) is 0 Å². The lowest BCUT2D eigenvalue weighted by Crippen LogP contribution is -2.43. The number of benzene rings is 1. The third-order valence-electron chi connectivity index (χ3n) is 5.89. The van der Waals surface area contributed by atoms with Crippen LogP contribution in [0.4, 0.5) is 5.69 Å². The monoisotopic (exact) mass is 335 g/mol. The molecule has 1 aromatic rings. The van der Waals surface area contributed by atoms with Crippen molar-refractivity contribution in [3.05, 3.63) is 29.8 Å². The number of hydrogen-bond donors (Lipinski definition) is 2. The summed E-state index contributed by atoms with van der Waals surface area (Å²) in [5, 5.41) is 3.13. The summed E-state index contributed by atoms with van der Waals surface area (Å²) in [7, 11) is 0. The Bertz CT molecular complexity index is 579. The molecule has 2 heterocycles. The summed E-state index contributed by atoms with van der Waals surface area (Å²) in [5.41, 5.74) is 8.56. The molecule has 4 rings (SSSR count). The van der Waals surface area contributed by atoms with Gasteiger partial charge in [-0.1, -0.05) is 24.6 Å². The normalized spacial score (nSPS) is 33.9. The van der Waals surface area contributed by atoms with Crippen LogP contribution in [0.5, 0.6) is 0 Å². The third kappa shape index (κ3) is 3.12. The number of aryl methyl sites for hydroxylation is 1. The number of rotatable bonds is 1. The first-order valence-corrected chi connectivity index (χ1v) is 8.61. The van der Waals surface area contributed by atoms with Crippen LogP contribution in [-0.2, 0) is 11.2 Å². The first-order valence-electron chi connectivity index (χ1n) is 8.61. The van der Waals surface area contributed by atoms with Gasteiger partial charge in [-0.05, 0) is 49.1 Å². The Labute approximate surface area is 144 Å². The molecule has 126 valence electrons. The maximum atomic E-state index is 12.7. The number of carbonyl (C=O) groups is 1. The van der Waals surface area contributed by atoms with Gasteiger partial charge >= 0.3 is 0 Å². The number of nitrogens with zero attached hydrogens (tertiary/aromatic N) is 1. The molecule has 2 aliphatic heterocycles. The van der Waals surface area contributed by atoms with E-state index < -0.39 is 0 Å². The summed E-state index contributed by atoms with van der Waals surface area (Å²) in [6, 6.07) is 8.50. The van der Waals surface area contributed by atoms with E-state index in [1.807, 2.05) is 12.1 Å². The first kappa shape index (κ1) is 16.7. The number of fused-ring (bicyclic) bond motifs is 2. The first-order chi connectivity index (χ1) is 10.7. The second-order valence-electron chi connectivity index (χ2n) is 7.17. The number of nitrogens with one attached hydrogen (secondary N) is 1. The average molecular weight is 336 g/mol. The molecule has 5 heteroatoms. The van der Waals surface area contributed by atoms with Crippen LogP contribution in [0, 0.1) is 11.8 Å². The van der Waals surface area contributed by atoms with Gasteiger partial charge in [-0.3, -0.25) is 9.69 Å². The van der Waals surface area contributed by atoms with Gasteiger partial charge in [0.25, 0.3) is 0 Å². The smallest absolute Gasteiger partial charge is 0.241 e. The Kier molecular flexibility index (Phi) is 4.95. The molecule has 0 radical (unpaired) electrons. The minimum atomic E-state index is 0. The number of nitrogens with two attached hydrogens (primary N) is 1. The minimum Gasteiger partial charge on any atom is -0.327 e. The van der Waals surface area contributed by atoms with Crippen molar-refractivity contribution in [2.75, 3.05) is 18.4 Å². The van der Waals surface area contributed by atoms with E-state index in [1.165, 1.54) is 18.4 Å². The fourth-order valence-corrected chi connectivity index (χ4v) is 4.65. The summed E-state index contributed by atoms with van der Waals surface area (Å²) < 4.78 is 0. The van der Waals surface area contributed by atoms with Crippen molar-refractivity contribution in [2.24, 2.45) is 17.6 Å². The molecule has 1 saturated heterocycles. The van der Waals surface area contributed by atoms with Crippen molar-refractivity contribution in [3.8, 4) is 0 Å².